The van der Waals surface area contributed by atoms with Crippen molar-refractivity contribution in [1.29, 1.82) is 0 Å². The van der Waals surface area contributed by atoms with Gasteiger partial charge in [0.2, 0.25) is 5.91 Å². The first-order chi connectivity index (χ1) is 15.2. The summed E-state index contributed by atoms with van der Waals surface area (Å²) in [6.45, 7) is 0.940. The Morgan fingerprint density at radius 2 is 1.53 bits per heavy atom. The Labute approximate surface area is 184 Å². The molecule has 0 atom stereocenters. The molecule has 172 valence electrons. The van der Waals surface area contributed by atoms with Gasteiger partial charge in [-0.1, -0.05) is 18.2 Å². The minimum Gasteiger partial charge on any atom is -0.493 e. The molecule has 1 fully saturated rings. The van der Waals surface area contributed by atoms with E-state index in [1.807, 2.05) is 12.1 Å². The molecule has 3 rings (SSSR count). The average Bonchev–Trinajstić information content (AvgIpc) is 2.81. The van der Waals surface area contributed by atoms with E-state index in [1.165, 1.54) is 23.1 Å². The number of piperazine rings is 1. The normalized spacial score (nSPS) is 14.3. The number of rotatable bonds is 6. The third-order valence-electron chi connectivity index (χ3n) is 5.46. The number of carbonyl (C=O) groups is 2. The van der Waals surface area contributed by atoms with Crippen LogP contribution in [0.3, 0.4) is 0 Å². The minimum absolute atomic E-state index is 0.0671. The summed E-state index contributed by atoms with van der Waals surface area (Å²) < 4.78 is 50.1. The van der Waals surface area contributed by atoms with Crippen LogP contribution in [0.2, 0.25) is 0 Å². The summed E-state index contributed by atoms with van der Waals surface area (Å²) in [5, 5.41) is 0. The maximum Gasteiger partial charge on any atom is 0.417 e. The van der Waals surface area contributed by atoms with E-state index in [-0.39, 0.29) is 44.1 Å². The zero-order valence-electron chi connectivity index (χ0n) is 17.9. The molecule has 0 saturated carbocycles. The molecule has 0 aliphatic carbocycles. The Morgan fingerprint density at radius 3 is 2.16 bits per heavy atom. The van der Waals surface area contributed by atoms with E-state index in [2.05, 4.69) is 0 Å². The molecule has 1 aliphatic rings. The summed E-state index contributed by atoms with van der Waals surface area (Å²) in [7, 11) is 3.09. The highest BCUT2D eigenvalue weighted by Crippen LogP contribution is 2.32. The van der Waals surface area contributed by atoms with Gasteiger partial charge in [-0.05, 0) is 36.2 Å². The third kappa shape index (κ3) is 5.33. The number of halogens is 3. The summed E-state index contributed by atoms with van der Waals surface area (Å²) in [5.74, 6) is 0.456. The molecule has 1 saturated heterocycles. The van der Waals surface area contributed by atoms with Gasteiger partial charge in [0.25, 0.3) is 5.91 Å². The van der Waals surface area contributed by atoms with Crippen LogP contribution in [-0.4, -0.2) is 62.0 Å². The molecule has 0 radical (unpaired) electrons. The van der Waals surface area contributed by atoms with E-state index in [1.54, 1.807) is 25.2 Å². The van der Waals surface area contributed by atoms with Crippen LogP contribution in [0.1, 0.15) is 27.9 Å². The number of benzene rings is 2. The SMILES string of the molecule is COc1ccc(CCC(=O)N2CCN(C(=O)c3ccccc3C(F)(F)F)CC2)cc1OC. The van der Waals surface area contributed by atoms with Crippen molar-refractivity contribution in [1.82, 2.24) is 9.80 Å². The molecule has 2 amide bonds. The Bertz CT molecular complexity index is 970. The maximum absolute atomic E-state index is 13.2. The Morgan fingerprint density at radius 1 is 0.906 bits per heavy atom. The van der Waals surface area contributed by atoms with Gasteiger partial charge in [-0.2, -0.15) is 13.2 Å². The first kappa shape index (κ1) is 23.4. The molecular weight excluding hydrogens is 425 g/mol. The number of alkyl halides is 3. The predicted octanol–water partition coefficient (Wildman–Crippen LogP) is 3.64. The van der Waals surface area contributed by atoms with Crippen molar-refractivity contribution >= 4 is 11.8 Å². The van der Waals surface area contributed by atoms with Crippen molar-refractivity contribution in [3.8, 4) is 11.5 Å². The summed E-state index contributed by atoms with van der Waals surface area (Å²) in [4.78, 5) is 28.3. The average molecular weight is 450 g/mol. The number of amides is 2. The lowest BCUT2D eigenvalue weighted by molar-refractivity contribution is -0.138. The summed E-state index contributed by atoms with van der Waals surface area (Å²) in [6, 6.07) is 10.2. The Hall–Kier alpha value is -3.23. The molecule has 0 unspecified atom stereocenters. The lowest BCUT2D eigenvalue weighted by atomic mass is 10.1. The van der Waals surface area contributed by atoms with Crippen LogP contribution in [0.15, 0.2) is 42.5 Å². The molecule has 6 nitrogen and oxygen atoms in total. The topological polar surface area (TPSA) is 59.1 Å². The lowest BCUT2D eigenvalue weighted by Crippen LogP contribution is -2.50. The monoisotopic (exact) mass is 450 g/mol. The van der Waals surface area contributed by atoms with Gasteiger partial charge in [0.1, 0.15) is 0 Å². The molecule has 0 N–H and O–H groups in total. The van der Waals surface area contributed by atoms with Crippen LogP contribution in [0.4, 0.5) is 13.2 Å². The summed E-state index contributed by atoms with van der Waals surface area (Å²) >= 11 is 0. The molecule has 0 aromatic heterocycles. The molecule has 2 aromatic carbocycles. The molecule has 0 spiro atoms. The largest absolute Gasteiger partial charge is 0.493 e. The standard InChI is InChI=1S/C23H25F3N2O4/c1-31-19-9-7-16(15-20(19)32-2)8-10-21(29)27-11-13-28(14-12-27)22(30)17-5-3-4-6-18(17)23(24,25)26/h3-7,9,15H,8,10-14H2,1-2H3. The van der Waals surface area contributed by atoms with E-state index < -0.39 is 17.6 Å². The number of nitrogens with zero attached hydrogens (tertiary/aromatic N) is 2. The van der Waals surface area contributed by atoms with Gasteiger partial charge in [0, 0.05) is 32.6 Å². The molecule has 1 aliphatic heterocycles. The highest BCUT2D eigenvalue weighted by Gasteiger charge is 2.36. The van der Waals surface area contributed by atoms with E-state index in [0.29, 0.717) is 17.9 Å². The van der Waals surface area contributed by atoms with Crippen LogP contribution >= 0.6 is 0 Å². The molecular formula is C23H25F3N2O4. The number of hydrogen-bond donors (Lipinski definition) is 0. The third-order valence-corrected chi connectivity index (χ3v) is 5.46. The van der Waals surface area contributed by atoms with Crippen molar-refractivity contribution in [2.45, 2.75) is 19.0 Å². The smallest absolute Gasteiger partial charge is 0.417 e. The number of hydrogen-bond acceptors (Lipinski definition) is 4. The quantitative estimate of drug-likeness (QED) is 0.674. The fourth-order valence-corrected chi connectivity index (χ4v) is 3.69. The first-order valence-electron chi connectivity index (χ1n) is 10.2. The lowest BCUT2D eigenvalue weighted by Gasteiger charge is -2.35. The van der Waals surface area contributed by atoms with E-state index in [0.717, 1.165) is 11.6 Å². The zero-order valence-corrected chi connectivity index (χ0v) is 17.9. The second-order valence-corrected chi connectivity index (χ2v) is 7.41. The number of ether oxygens (including phenoxy) is 2. The predicted molar refractivity (Wildman–Crippen MR) is 112 cm³/mol. The molecule has 9 heteroatoms. The van der Waals surface area contributed by atoms with Crippen molar-refractivity contribution in [2.24, 2.45) is 0 Å². The highest BCUT2D eigenvalue weighted by atomic mass is 19.4. The Kier molecular flexibility index (Phi) is 7.27. The van der Waals surface area contributed by atoms with Crippen LogP contribution in [0.5, 0.6) is 11.5 Å². The van der Waals surface area contributed by atoms with Gasteiger partial charge in [0.15, 0.2) is 11.5 Å². The van der Waals surface area contributed by atoms with Crippen molar-refractivity contribution < 1.29 is 32.2 Å². The second-order valence-electron chi connectivity index (χ2n) is 7.41. The van der Waals surface area contributed by atoms with Crippen molar-refractivity contribution in [3.63, 3.8) is 0 Å². The first-order valence-corrected chi connectivity index (χ1v) is 10.2. The number of aryl methyl sites for hydroxylation is 1. The van der Waals surface area contributed by atoms with Gasteiger partial charge in [-0.3, -0.25) is 9.59 Å². The maximum atomic E-state index is 13.2. The van der Waals surface area contributed by atoms with Crippen LogP contribution < -0.4 is 9.47 Å². The van der Waals surface area contributed by atoms with Crippen molar-refractivity contribution in [3.05, 3.63) is 59.2 Å². The van der Waals surface area contributed by atoms with Gasteiger partial charge < -0.3 is 19.3 Å². The number of methoxy groups -OCH3 is 2. The number of carbonyl (C=O) groups excluding carboxylic acids is 2. The van der Waals surface area contributed by atoms with Gasteiger partial charge in [0.05, 0.1) is 25.3 Å². The van der Waals surface area contributed by atoms with Gasteiger partial charge in [-0.15, -0.1) is 0 Å². The fourth-order valence-electron chi connectivity index (χ4n) is 3.69. The van der Waals surface area contributed by atoms with Crippen LogP contribution in [-0.2, 0) is 17.4 Å². The molecule has 32 heavy (non-hydrogen) atoms. The summed E-state index contributed by atoms with van der Waals surface area (Å²) in [5.41, 5.74) is -0.389. The van der Waals surface area contributed by atoms with E-state index in [4.69, 9.17) is 9.47 Å². The van der Waals surface area contributed by atoms with E-state index >= 15 is 0 Å². The fraction of sp³-hybridized carbons (Fsp3) is 0.391. The summed E-state index contributed by atoms with van der Waals surface area (Å²) in [6.07, 6.45) is -3.81. The minimum atomic E-state index is -4.60. The molecule has 0 bridgehead atoms. The zero-order chi connectivity index (χ0) is 23.3. The van der Waals surface area contributed by atoms with Gasteiger partial charge in [-0.25, -0.2) is 0 Å². The van der Waals surface area contributed by atoms with E-state index in [9.17, 15) is 22.8 Å². The second kappa shape index (κ2) is 9.93. The van der Waals surface area contributed by atoms with Crippen LogP contribution in [0.25, 0.3) is 0 Å². The van der Waals surface area contributed by atoms with Crippen molar-refractivity contribution in [2.75, 3.05) is 40.4 Å². The van der Waals surface area contributed by atoms with Crippen LogP contribution in [0, 0.1) is 0 Å². The highest BCUT2D eigenvalue weighted by molar-refractivity contribution is 5.96. The molecule has 2 aromatic rings. The molecule has 1 heterocycles. The van der Waals surface area contributed by atoms with Gasteiger partial charge >= 0.3 is 6.18 Å². The Balaban J connectivity index is 1.56.